The molecule has 2 aromatic heterocycles. The lowest BCUT2D eigenvalue weighted by molar-refractivity contribution is -0.384. The molecule has 0 aliphatic heterocycles. The van der Waals surface area contributed by atoms with Gasteiger partial charge in [0.05, 0.1) is 16.9 Å². The summed E-state index contributed by atoms with van der Waals surface area (Å²) < 4.78 is 5.14. The van der Waals surface area contributed by atoms with Crippen molar-refractivity contribution < 1.29 is 14.5 Å². The molecule has 162 valence electrons. The Labute approximate surface area is 182 Å². The third-order valence-corrected chi connectivity index (χ3v) is 5.88. The Morgan fingerprint density at radius 3 is 2.68 bits per heavy atom. The van der Waals surface area contributed by atoms with Crippen LogP contribution >= 0.6 is 11.3 Å². The van der Waals surface area contributed by atoms with Gasteiger partial charge in [0.2, 0.25) is 0 Å². The number of aromatic amines is 1. The number of aromatic nitrogens is 2. The number of hydrogen-bond donors (Lipinski definition) is 1. The zero-order valence-corrected chi connectivity index (χ0v) is 18.6. The van der Waals surface area contributed by atoms with Crippen molar-refractivity contribution in [2.45, 2.75) is 20.8 Å². The van der Waals surface area contributed by atoms with Crippen molar-refractivity contribution >= 4 is 50.5 Å². The number of ether oxygens (including phenoxy) is 1. The number of nitrogens with zero attached hydrogens (tertiary/aromatic N) is 3. The van der Waals surface area contributed by atoms with E-state index < -0.39 is 10.9 Å². The van der Waals surface area contributed by atoms with Gasteiger partial charge >= 0.3 is 5.97 Å². The number of nitrogens with one attached hydrogen (secondary N) is 1. The van der Waals surface area contributed by atoms with Crippen LogP contribution in [-0.4, -0.2) is 41.6 Å². The summed E-state index contributed by atoms with van der Waals surface area (Å²) in [5, 5.41) is 12.0. The average Bonchev–Trinajstić information content (AvgIpc) is 2.99. The van der Waals surface area contributed by atoms with E-state index in [1.807, 2.05) is 13.8 Å². The number of nitro groups is 1. The van der Waals surface area contributed by atoms with Gasteiger partial charge in [-0.15, -0.1) is 11.3 Å². The molecule has 0 saturated carbocycles. The minimum absolute atomic E-state index is 0.0106. The molecule has 0 atom stereocenters. The van der Waals surface area contributed by atoms with Gasteiger partial charge in [-0.3, -0.25) is 14.9 Å². The molecule has 0 radical (unpaired) electrons. The number of nitro benzene ring substituents is 1. The monoisotopic (exact) mass is 442 g/mol. The van der Waals surface area contributed by atoms with Crippen molar-refractivity contribution in [3.05, 3.63) is 60.5 Å². The van der Waals surface area contributed by atoms with Crippen molar-refractivity contribution in [3.63, 3.8) is 0 Å². The van der Waals surface area contributed by atoms with E-state index in [1.165, 1.54) is 23.5 Å². The second-order valence-electron chi connectivity index (χ2n) is 7.06. The zero-order chi connectivity index (χ0) is 22.9. The van der Waals surface area contributed by atoms with Gasteiger partial charge < -0.3 is 14.6 Å². The van der Waals surface area contributed by atoms with E-state index in [1.54, 1.807) is 38.1 Å². The molecule has 0 bridgehead atoms. The van der Waals surface area contributed by atoms with Crippen LogP contribution < -0.4 is 10.5 Å². The average molecular weight is 442 g/mol. The minimum Gasteiger partial charge on any atom is -0.462 e. The summed E-state index contributed by atoms with van der Waals surface area (Å²) in [5.74, 6) is -0.633. The summed E-state index contributed by atoms with van der Waals surface area (Å²) in [6.45, 7) is 5.53. The van der Waals surface area contributed by atoms with Crippen LogP contribution in [-0.2, 0) is 9.53 Å². The lowest BCUT2D eigenvalue weighted by atomic mass is 10.1. The first-order valence-electron chi connectivity index (χ1n) is 9.49. The second-order valence-corrected chi connectivity index (χ2v) is 8.26. The molecule has 10 heteroatoms. The molecule has 0 unspecified atom stereocenters. The third-order valence-electron chi connectivity index (χ3n) is 4.78. The Morgan fingerprint density at radius 1 is 1.35 bits per heavy atom. The van der Waals surface area contributed by atoms with Gasteiger partial charge in [-0.25, -0.2) is 9.78 Å². The van der Waals surface area contributed by atoms with Gasteiger partial charge in [-0.05, 0) is 44.0 Å². The molecule has 0 aliphatic carbocycles. The molecule has 0 aliphatic rings. The fraction of sp³-hybridized carbons (Fsp3) is 0.286. The van der Waals surface area contributed by atoms with E-state index in [0.29, 0.717) is 21.5 Å². The Balaban J connectivity index is 2.21. The van der Waals surface area contributed by atoms with Gasteiger partial charge in [0, 0.05) is 25.0 Å². The standard InChI is InChI=1S/C21H22N4O5S/c1-6-30-21(27)14(9-13-7-8-15(24(4)5)16(10-13)25(28)29)18-22-19(26)17-11(2)12(3)31-20(17)23-18/h7-10H,6H2,1-5H3,(H,22,23,26)/b14-9+. The number of benzene rings is 1. The van der Waals surface area contributed by atoms with Gasteiger partial charge in [0.1, 0.15) is 21.9 Å². The molecule has 1 aromatic carbocycles. The van der Waals surface area contributed by atoms with E-state index in [0.717, 1.165) is 10.4 Å². The van der Waals surface area contributed by atoms with Gasteiger partial charge in [0.25, 0.3) is 11.2 Å². The highest BCUT2D eigenvalue weighted by Gasteiger charge is 2.21. The molecule has 0 saturated heterocycles. The highest BCUT2D eigenvalue weighted by Crippen LogP contribution is 2.30. The maximum absolute atomic E-state index is 12.7. The smallest absolute Gasteiger partial charge is 0.341 e. The number of carbonyl (C=O) groups excluding carboxylic acids is 1. The Hall–Kier alpha value is -3.53. The van der Waals surface area contributed by atoms with Crippen molar-refractivity contribution in [2.24, 2.45) is 0 Å². The number of rotatable bonds is 6. The molecular weight excluding hydrogens is 420 g/mol. The first kappa shape index (κ1) is 22.2. The molecule has 9 nitrogen and oxygen atoms in total. The highest BCUT2D eigenvalue weighted by atomic mass is 32.1. The fourth-order valence-corrected chi connectivity index (χ4v) is 4.17. The van der Waals surface area contributed by atoms with Gasteiger partial charge in [0.15, 0.2) is 0 Å². The maximum atomic E-state index is 12.7. The maximum Gasteiger partial charge on any atom is 0.341 e. The minimum atomic E-state index is -0.686. The number of aryl methyl sites for hydroxylation is 2. The van der Waals surface area contributed by atoms with Crippen molar-refractivity contribution in [1.29, 1.82) is 0 Å². The Kier molecular flexibility index (Phi) is 6.21. The number of hydrogen-bond acceptors (Lipinski definition) is 8. The van der Waals surface area contributed by atoms with E-state index in [2.05, 4.69) is 9.97 Å². The summed E-state index contributed by atoms with van der Waals surface area (Å²) >= 11 is 1.36. The number of carbonyl (C=O) groups is 1. The molecule has 3 aromatic rings. The molecule has 3 rings (SSSR count). The summed E-state index contributed by atoms with van der Waals surface area (Å²) in [6, 6.07) is 4.61. The first-order valence-corrected chi connectivity index (χ1v) is 10.3. The topological polar surface area (TPSA) is 118 Å². The van der Waals surface area contributed by atoms with Crippen LogP contribution in [0.4, 0.5) is 11.4 Å². The van der Waals surface area contributed by atoms with Gasteiger partial charge in [-0.2, -0.15) is 0 Å². The number of thiophene rings is 1. The zero-order valence-electron chi connectivity index (χ0n) is 17.8. The number of fused-ring (bicyclic) bond motifs is 1. The van der Waals surface area contributed by atoms with Crippen LogP contribution in [0.1, 0.15) is 28.8 Å². The molecule has 1 N–H and O–H groups in total. The largest absolute Gasteiger partial charge is 0.462 e. The molecule has 31 heavy (non-hydrogen) atoms. The van der Waals surface area contributed by atoms with Crippen LogP contribution in [0.25, 0.3) is 21.9 Å². The third kappa shape index (κ3) is 4.33. The predicted molar refractivity (Wildman–Crippen MR) is 122 cm³/mol. The van der Waals surface area contributed by atoms with Crippen LogP contribution in [0, 0.1) is 24.0 Å². The summed E-state index contributed by atoms with van der Waals surface area (Å²) in [6.07, 6.45) is 1.43. The number of H-pyrrole nitrogens is 1. The Bertz CT molecular complexity index is 1270. The number of anilines is 1. The summed E-state index contributed by atoms with van der Waals surface area (Å²) in [4.78, 5) is 46.6. The van der Waals surface area contributed by atoms with E-state index in [4.69, 9.17) is 4.74 Å². The van der Waals surface area contributed by atoms with E-state index in [9.17, 15) is 19.7 Å². The van der Waals surface area contributed by atoms with E-state index in [-0.39, 0.29) is 29.3 Å². The molecule has 0 spiro atoms. The molecular formula is C21H22N4O5S. The quantitative estimate of drug-likeness (QED) is 0.268. The van der Waals surface area contributed by atoms with Crippen LogP contribution in [0.15, 0.2) is 23.0 Å². The van der Waals surface area contributed by atoms with Crippen molar-refractivity contribution in [3.8, 4) is 0 Å². The fourth-order valence-electron chi connectivity index (χ4n) is 3.14. The predicted octanol–water partition coefficient (Wildman–Crippen LogP) is 3.68. The van der Waals surface area contributed by atoms with Crippen LogP contribution in [0.2, 0.25) is 0 Å². The summed E-state index contributed by atoms with van der Waals surface area (Å²) in [5.41, 5.74) is 1.22. The summed E-state index contributed by atoms with van der Waals surface area (Å²) in [7, 11) is 3.41. The van der Waals surface area contributed by atoms with Crippen molar-refractivity contribution in [2.75, 3.05) is 25.6 Å². The Morgan fingerprint density at radius 2 is 2.06 bits per heavy atom. The highest BCUT2D eigenvalue weighted by molar-refractivity contribution is 7.18. The normalized spacial score (nSPS) is 11.6. The molecule has 2 heterocycles. The lowest BCUT2D eigenvalue weighted by Gasteiger charge is -2.13. The number of esters is 1. The SMILES string of the molecule is CCOC(=O)/C(=C/c1ccc(N(C)C)c([N+](=O)[O-])c1)c1nc2sc(C)c(C)c2c(=O)[nH]1. The molecule has 0 amide bonds. The van der Waals surface area contributed by atoms with Crippen LogP contribution in [0.3, 0.4) is 0 Å². The van der Waals surface area contributed by atoms with E-state index >= 15 is 0 Å². The van der Waals surface area contributed by atoms with Gasteiger partial charge in [-0.1, -0.05) is 6.07 Å². The van der Waals surface area contributed by atoms with Crippen molar-refractivity contribution in [1.82, 2.24) is 9.97 Å². The lowest BCUT2D eigenvalue weighted by Crippen LogP contribution is -2.16. The first-order chi connectivity index (χ1) is 14.6. The van der Waals surface area contributed by atoms with Crippen LogP contribution in [0.5, 0.6) is 0 Å². The second kappa shape index (κ2) is 8.68. The molecule has 0 fully saturated rings.